The van der Waals surface area contributed by atoms with Crippen LogP contribution in [-0.2, 0) is 0 Å². The molecule has 0 radical (unpaired) electrons. The molecule has 0 aromatic rings. The predicted molar refractivity (Wildman–Crippen MR) is 63.6 cm³/mol. The first kappa shape index (κ1) is 12.3. The molecular weight excluding hydrogens is 242 g/mol. The van der Waals surface area contributed by atoms with Crippen LogP contribution in [0.2, 0.25) is 0 Å². The Hall–Kier alpha value is -1.13. The van der Waals surface area contributed by atoms with E-state index in [0.29, 0.717) is 18.0 Å². The lowest BCUT2D eigenvalue weighted by Crippen LogP contribution is -2.51. The molecule has 1 aliphatic heterocycles. The number of nitrogens with two attached hydrogens (primary N) is 1. The van der Waals surface area contributed by atoms with E-state index in [1.54, 1.807) is 0 Å². The Kier molecular flexibility index (Phi) is 3.64. The van der Waals surface area contributed by atoms with Gasteiger partial charge in [-0.25, -0.2) is 10.8 Å². The SMILES string of the molecule is N#CC1=C(C2CC2)N(N)C(NCCO)N=C1Cl. The maximum atomic E-state index is 9.07. The Morgan fingerprint density at radius 3 is 2.88 bits per heavy atom. The van der Waals surface area contributed by atoms with Gasteiger partial charge in [0.1, 0.15) is 16.8 Å². The zero-order chi connectivity index (χ0) is 12.4. The van der Waals surface area contributed by atoms with Crippen LogP contribution in [0.3, 0.4) is 0 Å². The van der Waals surface area contributed by atoms with E-state index in [1.807, 2.05) is 0 Å². The third kappa shape index (κ3) is 2.42. The number of hydrogen-bond acceptors (Lipinski definition) is 6. The van der Waals surface area contributed by atoms with Crippen molar-refractivity contribution in [3.8, 4) is 6.07 Å². The summed E-state index contributed by atoms with van der Waals surface area (Å²) >= 11 is 5.97. The van der Waals surface area contributed by atoms with Crippen LogP contribution >= 0.6 is 11.6 Å². The number of halogens is 1. The van der Waals surface area contributed by atoms with Gasteiger partial charge < -0.3 is 5.11 Å². The van der Waals surface area contributed by atoms with Crippen molar-refractivity contribution in [3.63, 3.8) is 0 Å². The first-order valence-electron chi connectivity index (χ1n) is 5.45. The summed E-state index contributed by atoms with van der Waals surface area (Å²) in [5, 5.41) is 22.4. The van der Waals surface area contributed by atoms with Crippen molar-refractivity contribution in [2.75, 3.05) is 13.2 Å². The van der Waals surface area contributed by atoms with E-state index < -0.39 is 6.29 Å². The molecule has 7 heteroatoms. The first-order chi connectivity index (χ1) is 8.19. The normalized spacial score (nSPS) is 24.7. The van der Waals surface area contributed by atoms with Gasteiger partial charge in [-0.15, -0.1) is 0 Å². The minimum atomic E-state index is -0.512. The van der Waals surface area contributed by atoms with E-state index in [9.17, 15) is 0 Å². The monoisotopic (exact) mass is 255 g/mol. The molecule has 92 valence electrons. The predicted octanol–water partition coefficient (Wildman–Crippen LogP) is -0.134. The number of rotatable bonds is 4. The summed E-state index contributed by atoms with van der Waals surface area (Å²) in [6.07, 6.45) is 1.53. The van der Waals surface area contributed by atoms with Gasteiger partial charge in [0.25, 0.3) is 0 Å². The third-order valence-corrected chi connectivity index (χ3v) is 3.04. The smallest absolute Gasteiger partial charge is 0.191 e. The second-order valence-corrected chi connectivity index (χ2v) is 4.38. The summed E-state index contributed by atoms with van der Waals surface area (Å²) in [7, 11) is 0. The maximum Gasteiger partial charge on any atom is 0.191 e. The molecule has 0 amide bonds. The largest absolute Gasteiger partial charge is 0.395 e. The van der Waals surface area contributed by atoms with Crippen LogP contribution in [0.15, 0.2) is 16.3 Å². The molecule has 2 rings (SSSR count). The van der Waals surface area contributed by atoms with E-state index in [2.05, 4.69) is 16.4 Å². The van der Waals surface area contributed by atoms with Crippen molar-refractivity contribution in [1.82, 2.24) is 10.3 Å². The topological polar surface area (TPSA) is 97.7 Å². The van der Waals surface area contributed by atoms with Gasteiger partial charge in [-0.2, -0.15) is 5.26 Å². The summed E-state index contributed by atoms with van der Waals surface area (Å²) in [5.74, 6) is 6.25. The summed E-state index contributed by atoms with van der Waals surface area (Å²) in [6.45, 7) is 0.358. The van der Waals surface area contributed by atoms with Crippen molar-refractivity contribution in [2.45, 2.75) is 19.1 Å². The van der Waals surface area contributed by atoms with Crippen molar-refractivity contribution < 1.29 is 5.11 Å². The number of allylic oxidation sites excluding steroid dienone is 2. The lowest BCUT2D eigenvalue weighted by molar-refractivity contribution is 0.192. The van der Waals surface area contributed by atoms with Gasteiger partial charge in [-0.3, -0.25) is 10.3 Å². The van der Waals surface area contributed by atoms with Crippen LogP contribution < -0.4 is 11.2 Å². The molecule has 0 bridgehead atoms. The molecule has 1 heterocycles. The van der Waals surface area contributed by atoms with Gasteiger partial charge in [0, 0.05) is 12.5 Å². The van der Waals surface area contributed by atoms with Crippen LogP contribution in [0.4, 0.5) is 0 Å². The van der Waals surface area contributed by atoms with Crippen molar-refractivity contribution >= 4 is 16.8 Å². The Balaban J connectivity index is 2.24. The van der Waals surface area contributed by atoms with Crippen LogP contribution in [0.25, 0.3) is 0 Å². The maximum absolute atomic E-state index is 9.07. The highest BCUT2D eigenvalue weighted by Gasteiger charge is 2.37. The fourth-order valence-corrected chi connectivity index (χ4v) is 2.04. The highest BCUT2D eigenvalue weighted by atomic mass is 35.5. The molecule has 1 unspecified atom stereocenters. The quantitative estimate of drug-likeness (QED) is 0.608. The molecule has 4 N–H and O–H groups in total. The summed E-state index contributed by atoms with van der Waals surface area (Å²) in [5.41, 5.74) is 1.11. The molecule has 0 aromatic carbocycles. The molecule has 1 atom stereocenters. The molecule has 2 aliphatic rings. The lowest BCUT2D eigenvalue weighted by atomic mass is 10.1. The van der Waals surface area contributed by atoms with Crippen LogP contribution in [0, 0.1) is 17.2 Å². The fraction of sp³-hybridized carbons (Fsp3) is 0.600. The zero-order valence-electron chi connectivity index (χ0n) is 9.23. The second kappa shape index (κ2) is 5.02. The van der Waals surface area contributed by atoms with Gasteiger partial charge in [-0.05, 0) is 12.8 Å². The van der Waals surface area contributed by atoms with E-state index in [-0.39, 0.29) is 11.8 Å². The van der Waals surface area contributed by atoms with E-state index >= 15 is 0 Å². The van der Waals surface area contributed by atoms with Crippen molar-refractivity contribution in [2.24, 2.45) is 16.8 Å². The number of aliphatic hydroxyl groups is 1. The number of nitriles is 1. The third-order valence-electron chi connectivity index (χ3n) is 2.75. The molecule has 17 heavy (non-hydrogen) atoms. The summed E-state index contributed by atoms with van der Waals surface area (Å²) in [4.78, 5) is 4.09. The number of aliphatic imine (C=N–C) groups is 1. The van der Waals surface area contributed by atoms with E-state index in [1.165, 1.54) is 5.01 Å². The number of hydrogen-bond donors (Lipinski definition) is 3. The molecular formula is C10H14ClN5O. The van der Waals surface area contributed by atoms with Gasteiger partial charge in [0.2, 0.25) is 0 Å². The zero-order valence-corrected chi connectivity index (χ0v) is 9.98. The van der Waals surface area contributed by atoms with Gasteiger partial charge in [0.15, 0.2) is 6.29 Å². The molecule has 0 spiro atoms. The fourth-order valence-electron chi connectivity index (χ4n) is 1.81. The Bertz CT molecular complexity index is 409. The van der Waals surface area contributed by atoms with E-state index in [0.717, 1.165) is 18.5 Å². The molecule has 6 nitrogen and oxygen atoms in total. The minimum absolute atomic E-state index is 0.00887. The van der Waals surface area contributed by atoms with Crippen molar-refractivity contribution in [1.29, 1.82) is 5.26 Å². The molecule has 0 aromatic heterocycles. The highest BCUT2D eigenvalue weighted by molar-refractivity contribution is 6.70. The van der Waals surface area contributed by atoms with Crippen LogP contribution in [0.1, 0.15) is 12.8 Å². The molecule has 0 saturated heterocycles. The van der Waals surface area contributed by atoms with Gasteiger partial charge in [0.05, 0.1) is 12.3 Å². The van der Waals surface area contributed by atoms with Gasteiger partial charge in [-0.1, -0.05) is 11.6 Å². The average molecular weight is 256 g/mol. The highest BCUT2D eigenvalue weighted by Crippen LogP contribution is 2.41. The van der Waals surface area contributed by atoms with Crippen LogP contribution in [0.5, 0.6) is 0 Å². The second-order valence-electron chi connectivity index (χ2n) is 4.02. The molecule has 1 fully saturated rings. The number of nitrogens with one attached hydrogen (secondary N) is 1. The number of aliphatic hydroxyl groups excluding tert-OH is 1. The van der Waals surface area contributed by atoms with Gasteiger partial charge >= 0.3 is 0 Å². The number of hydrazine groups is 1. The number of nitrogens with zero attached hydrogens (tertiary/aromatic N) is 3. The molecule has 1 saturated carbocycles. The van der Waals surface area contributed by atoms with E-state index in [4.69, 9.17) is 27.8 Å². The average Bonchev–Trinajstić information content (AvgIpc) is 3.13. The summed E-state index contributed by atoms with van der Waals surface area (Å²) < 4.78 is 0. The lowest BCUT2D eigenvalue weighted by Gasteiger charge is -2.33. The molecule has 1 aliphatic carbocycles. The Labute approximate surface area is 104 Å². The van der Waals surface area contributed by atoms with Crippen LogP contribution in [-0.4, -0.2) is 34.7 Å². The summed E-state index contributed by atoms with van der Waals surface area (Å²) in [6, 6.07) is 2.05. The standard InChI is InChI=1S/C10H14ClN5O/c11-9-7(5-12)8(6-1-2-6)16(13)10(15-9)14-3-4-17/h6,10,14,17H,1-4,13H2. The minimum Gasteiger partial charge on any atom is -0.395 e. The Morgan fingerprint density at radius 1 is 1.65 bits per heavy atom. The first-order valence-corrected chi connectivity index (χ1v) is 5.83. The Morgan fingerprint density at radius 2 is 2.35 bits per heavy atom. The van der Waals surface area contributed by atoms with Crippen molar-refractivity contribution in [3.05, 3.63) is 11.3 Å².